The van der Waals surface area contributed by atoms with Crippen LogP contribution in [0.3, 0.4) is 0 Å². The molecule has 0 atom stereocenters. The molecule has 0 heterocycles. The Labute approximate surface area is 100 Å². The van der Waals surface area contributed by atoms with Crippen LogP contribution in [0, 0.1) is 11.8 Å². The lowest BCUT2D eigenvalue weighted by molar-refractivity contribution is -0.133. The number of carboxylic acid groups (broad SMARTS) is 1. The molecule has 0 fully saturated rings. The molecule has 1 aromatic rings. The first-order valence-corrected chi connectivity index (χ1v) is 4.96. The van der Waals surface area contributed by atoms with E-state index in [4.69, 9.17) is 5.11 Å². The number of rotatable bonds is 1. The Morgan fingerprint density at radius 3 is 2.69 bits per heavy atom. The van der Waals surface area contributed by atoms with Gasteiger partial charge in [-0.05, 0) is 18.2 Å². The molecule has 0 bridgehead atoms. The van der Waals surface area contributed by atoms with Crippen molar-refractivity contribution in [2.45, 2.75) is 0 Å². The van der Waals surface area contributed by atoms with Gasteiger partial charge in [-0.3, -0.25) is 0 Å². The molecular weight excluding hydrogens is 276 g/mol. The van der Waals surface area contributed by atoms with E-state index in [0.717, 1.165) is 0 Å². The van der Waals surface area contributed by atoms with Gasteiger partial charge in [0.05, 0.1) is 12.7 Å². The van der Waals surface area contributed by atoms with Crippen LogP contribution in [-0.2, 0) is 9.53 Å². The van der Waals surface area contributed by atoms with Crippen LogP contribution in [0.15, 0.2) is 22.7 Å². The Morgan fingerprint density at radius 1 is 1.44 bits per heavy atom. The van der Waals surface area contributed by atoms with E-state index in [1.165, 1.54) is 19.2 Å². The Bertz CT molecular complexity index is 496. The molecule has 0 unspecified atom stereocenters. The molecule has 82 valence electrons. The second kappa shape index (κ2) is 5.33. The standard InChI is InChI=1S/C11H7BrO4/c1-16-10(13)5-3-7-2-4-8(12)6-9(7)11(14)15/h2,4,6H,1H3,(H,14,15). The van der Waals surface area contributed by atoms with Crippen molar-refractivity contribution in [3.8, 4) is 11.8 Å². The Hall–Kier alpha value is -1.80. The molecule has 0 aromatic heterocycles. The zero-order valence-electron chi connectivity index (χ0n) is 8.28. The van der Waals surface area contributed by atoms with Crippen molar-refractivity contribution in [3.63, 3.8) is 0 Å². The Morgan fingerprint density at radius 2 is 2.12 bits per heavy atom. The predicted octanol–water partition coefficient (Wildman–Crippen LogP) is 1.67. The summed E-state index contributed by atoms with van der Waals surface area (Å²) < 4.78 is 4.96. The summed E-state index contributed by atoms with van der Waals surface area (Å²) in [4.78, 5) is 21.7. The highest BCUT2D eigenvalue weighted by atomic mass is 79.9. The van der Waals surface area contributed by atoms with E-state index in [0.29, 0.717) is 4.47 Å². The van der Waals surface area contributed by atoms with Crippen molar-refractivity contribution in [2.24, 2.45) is 0 Å². The molecule has 0 radical (unpaired) electrons. The number of carbonyl (C=O) groups excluding carboxylic acids is 1. The second-order valence-corrected chi connectivity index (χ2v) is 3.65. The summed E-state index contributed by atoms with van der Waals surface area (Å²) in [6.07, 6.45) is 0. The third-order valence-electron chi connectivity index (χ3n) is 1.70. The van der Waals surface area contributed by atoms with Crippen molar-refractivity contribution in [1.29, 1.82) is 0 Å². The largest absolute Gasteiger partial charge is 0.478 e. The number of aromatic carboxylic acids is 1. The number of ether oxygens (including phenoxy) is 1. The number of benzene rings is 1. The summed E-state index contributed by atoms with van der Waals surface area (Å²) in [7, 11) is 1.21. The fraction of sp³-hybridized carbons (Fsp3) is 0.0909. The molecule has 1 aromatic carbocycles. The first kappa shape index (κ1) is 12.3. The predicted molar refractivity (Wildman–Crippen MR) is 60.0 cm³/mol. The van der Waals surface area contributed by atoms with Crippen molar-refractivity contribution in [2.75, 3.05) is 7.11 Å². The van der Waals surface area contributed by atoms with E-state index in [2.05, 4.69) is 32.5 Å². The third-order valence-corrected chi connectivity index (χ3v) is 2.19. The van der Waals surface area contributed by atoms with Crippen molar-refractivity contribution in [1.82, 2.24) is 0 Å². The minimum absolute atomic E-state index is 0.0331. The minimum atomic E-state index is -1.10. The highest BCUT2D eigenvalue weighted by Gasteiger charge is 2.08. The van der Waals surface area contributed by atoms with Gasteiger partial charge in [0.2, 0.25) is 0 Å². The molecule has 1 rings (SSSR count). The first-order chi connectivity index (χ1) is 7.54. The molecule has 0 saturated heterocycles. The van der Waals surface area contributed by atoms with Crippen molar-refractivity contribution in [3.05, 3.63) is 33.8 Å². The van der Waals surface area contributed by atoms with Crippen LogP contribution >= 0.6 is 15.9 Å². The van der Waals surface area contributed by atoms with Crippen LogP contribution in [-0.4, -0.2) is 24.2 Å². The number of hydrogen-bond donors (Lipinski definition) is 1. The number of carboxylic acids is 1. The van der Waals surface area contributed by atoms with Crippen LogP contribution < -0.4 is 0 Å². The Kier molecular flexibility index (Phi) is 4.09. The number of methoxy groups -OCH3 is 1. The Balaban J connectivity index is 3.17. The lowest BCUT2D eigenvalue weighted by Crippen LogP contribution is -2.01. The number of esters is 1. The fourth-order valence-electron chi connectivity index (χ4n) is 0.972. The summed E-state index contributed by atoms with van der Waals surface area (Å²) >= 11 is 3.16. The molecule has 0 aliphatic rings. The van der Waals surface area contributed by atoms with Gasteiger partial charge < -0.3 is 9.84 Å². The lowest BCUT2D eigenvalue weighted by atomic mass is 10.1. The maximum Gasteiger partial charge on any atom is 0.384 e. The monoisotopic (exact) mass is 282 g/mol. The van der Waals surface area contributed by atoms with Gasteiger partial charge >= 0.3 is 11.9 Å². The van der Waals surface area contributed by atoms with E-state index in [-0.39, 0.29) is 11.1 Å². The van der Waals surface area contributed by atoms with E-state index in [9.17, 15) is 9.59 Å². The zero-order valence-corrected chi connectivity index (χ0v) is 9.87. The molecule has 0 aliphatic carbocycles. The van der Waals surface area contributed by atoms with E-state index < -0.39 is 11.9 Å². The van der Waals surface area contributed by atoms with Gasteiger partial charge in [0.1, 0.15) is 0 Å². The average Bonchev–Trinajstić information content (AvgIpc) is 2.26. The van der Waals surface area contributed by atoms with Crippen LogP contribution in [0.5, 0.6) is 0 Å². The fourth-order valence-corrected chi connectivity index (χ4v) is 1.33. The normalized spacial score (nSPS) is 8.88. The van der Waals surface area contributed by atoms with Gasteiger partial charge in [-0.2, -0.15) is 0 Å². The summed E-state index contributed by atoms with van der Waals surface area (Å²) in [6.45, 7) is 0. The average molecular weight is 283 g/mol. The molecule has 1 N–H and O–H groups in total. The van der Waals surface area contributed by atoms with Gasteiger partial charge in [-0.25, -0.2) is 9.59 Å². The summed E-state index contributed by atoms with van der Waals surface area (Å²) in [6, 6.07) is 4.58. The van der Waals surface area contributed by atoms with Gasteiger partial charge in [-0.1, -0.05) is 21.9 Å². The number of hydrogen-bond acceptors (Lipinski definition) is 3. The molecule has 0 aliphatic heterocycles. The summed E-state index contributed by atoms with van der Waals surface area (Å²) in [5, 5.41) is 8.91. The summed E-state index contributed by atoms with van der Waals surface area (Å²) in [5.74, 6) is 2.81. The van der Waals surface area contributed by atoms with Crippen LogP contribution in [0.4, 0.5) is 0 Å². The van der Waals surface area contributed by atoms with Gasteiger partial charge in [-0.15, -0.1) is 0 Å². The van der Waals surface area contributed by atoms with E-state index in [1.807, 2.05) is 0 Å². The van der Waals surface area contributed by atoms with E-state index in [1.54, 1.807) is 6.07 Å². The van der Waals surface area contributed by atoms with Gasteiger partial charge in [0.25, 0.3) is 0 Å². The second-order valence-electron chi connectivity index (χ2n) is 2.74. The van der Waals surface area contributed by atoms with E-state index >= 15 is 0 Å². The zero-order chi connectivity index (χ0) is 12.1. The van der Waals surface area contributed by atoms with Crippen LogP contribution in [0.1, 0.15) is 15.9 Å². The minimum Gasteiger partial charge on any atom is -0.478 e. The summed E-state index contributed by atoms with van der Waals surface area (Å²) in [5.41, 5.74) is 0.298. The SMILES string of the molecule is COC(=O)C#Cc1ccc(Br)cc1C(=O)O. The highest BCUT2D eigenvalue weighted by Crippen LogP contribution is 2.16. The van der Waals surface area contributed by atoms with Gasteiger partial charge in [0.15, 0.2) is 0 Å². The van der Waals surface area contributed by atoms with Gasteiger partial charge in [0, 0.05) is 16.0 Å². The molecular formula is C11H7BrO4. The quantitative estimate of drug-likeness (QED) is 0.629. The topological polar surface area (TPSA) is 63.6 Å². The molecule has 4 nitrogen and oxygen atoms in total. The molecule has 0 amide bonds. The number of carbonyl (C=O) groups is 2. The lowest BCUT2D eigenvalue weighted by Gasteiger charge is -1.99. The molecule has 5 heteroatoms. The molecule has 16 heavy (non-hydrogen) atoms. The van der Waals surface area contributed by atoms with Crippen LogP contribution in [0.25, 0.3) is 0 Å². The third kappa shape index (κ3) is 3.11. The highest BCUT2D eigenvalue weighted by molar-refractivity contribution is 9.10. The van der Waals surface area contributed by atoms with Crippen molar-refractivity contribution >= 4 is 27.9 Å². The maximum atomic E-state index is 10.9. The molecule has 0 spiro atoms. The maximum absolute atomic E-state index is 10.9. The number of halogens is 1. The van der Waals surface area contributed by atoms with Crippen molar-refractivity contribution < 1.29 is 19.4 Å². The smallest absolute Gasteiger partial charge is 0.384 e. The molecule has 0 saturated carbocycles. The van der Waals surface area contributed by atoms with Crippen LogP contribution in [0.2, 0.25) is 0 Å². The first-order valence-electron chi connectivity index (χ1n) is 4.17.